The van der Waals surface area contributed by atoms with E-state index in [1.165, 1.54) is 0 Å². The molecule has 0 heterocycles. The first-order valence-electron chi connectivity index (χ1n) is 8.03. The second-order valence-electron chi connectivity index (χ2n) is 5.41. The average Bonchev–Trinajstić information content (AvgIpc) is 2.53. The average molecular weight is 450 g/mol. The zero-order valence-corrected chi connectivity index (χ0v) is 17.5. The molecule has 7 heteroatoms. The minimum absolute atomic E-state index is 0. The van der Waals surface area contributed by atoms with Gasteiger partial charge in [0.25, 0.3) is 0 Å². The van der Waals surface area contributed by atoms with Crippen molar-refractivity contribution in [3.8, 4) is 5.75 Å². The van der Waals surface area contributed by atoms with Crippen LogP contribution in [0.2, 0.25) is 0 Å². The Balaban J connectivity index is 0.00000529. The van der Waals surface area contributed by atoms with Crippen LogP contribution < -0.4 is 15.4 Å². The maximum Gasteiger partial charge on any atom is 0.191 e. The monoisotopic (exact) mass is 450 g/mol. The van der Waals surface area contributed by atoms with Crippen molar-refractivity contribution in [2.45, 2.75) is 13.5 Å². The molecule has 1 aromatic rings. The van der Waals surface area contributed by atoms with Crippen LogP contribution in [0.4, 0.5) is 0 Å². The standard InChI is InChI=1S/C17H30N4O2.HI/c1-5-18-17(19-9-11-22-4)20-14-15-7-6-8-16(13-15)23-12-10-21(2)3;/h6-8,13H,5,9-12,14H2,1-4H3,(H2,18,19,20);1H. The molecule has 0 amide bonds. The maximum absolute atomic E-state index is 5.75. The van der Waals surface area contributed by atoms with Crippen LogP contribution in [0.3, 0.4) is 0 Å². The molecule has 0 aromatic heterocycles. The highest BCUT2D eigenvalue weighted by atomic mass is 127. The fraction of sp³-hybridized carbons (Fsp3) is 0.588. The number of methoxy groups -OCH3 is 1. The minimum atomic E-state index is 0. The van der Waals surface area contributed by atoms with Gasteiger partial charge in [-0.1, -0.05) is 12.1 Å². The molecule has 0 aliphatic heterocycles. The first-order chi connectivity index (χ1) is 11.2. The second kappa shape index (κ2) is 14.3. The number of hydrogen-bond acceptors (Lipinski definition) is 4. The lowest BCUT2D eigenvalue weighted by Gasteiger charge is -2.12. The third kappa shape index (κ3) is 10.7. The molecular weight excluding hydrogens is 419 g/mol. The van der Waals surface area contributed by atoms with Gasteiger partial charge in [0.05, 0.1) is 13.2 Å². The third-order valence-corrected chi connectivity index (χ3v) is 3.07. The summed E-state index contributed by atoms with van der Waals surface area (Å²) in [6, 6.07) is 8.07. The number of rotatable bonds is 10. The largest absolute Gasteiger partial charge is 0.492 e. The molecule has 138 valence electrons. The summed E-state index contributed by atoms with van der Waals surface area (Å²) >= 11 is 0. The van der Waals surface area contributed by atoms with Gasteiger partial charge in [0.2, 0.25) is 0 Å². The molecule has 0 bridgehead atoms. The van der Waals surface area contributed by atoms with E-state index in [4.69, 9.17) is 9.47 Å². The molecule has 6 nitrogen and oxygen atoms in total. The van der Waals surface area contributed by atoms with E-state index in [1.807, 2.05) is 39.2 Å². The molecule has 0 aliphatic rings. The first-order valence-corrected chi connectivity index (χ1v) is 8.03. The van der Waals surface area contributed by atoms with Crippen molar-refractivity contribution in [2.75, 3.05) is 54.1 Å². The minimum Gasteiger partial charge on any atom is -0.492 e. The number of likely N-dealkylation sites (N-methyl/N-ethyl adjacent to an activating group) is 1. The molecule has 0 radical (unpaired) electrons. The SMILES string of the molecule is CCNC(=NCc1cccc(OCCN(C)C)c1)NCCOC.I. The van der Waals surface area contributed by atoms with Crippen LogP contribution in [0, 0.1) is 0 Å². The quantitative estimate of drug-likeness (QED) is 0.247. The van der Waals surface area contributed by atoms with Crippen molar-refractivity contribution in [1.29, 1.82) is 0 Å². The lowest BCUT2D eigenvalue weighted by molar-refractivity contribution is 0.203. The van der Waals surface area contributed by atoms with E-state index in [0.717, 1.165) is 36.9 Å². The van der Waals surface area contributed by atoms with Crippen molar-refractivity contribution in [3.05, 3.63) is 29.8 Å². The molecule has 1 rings (SSSR count). The Morgan fingerprint density at radius 3 is 2.67 bits per heavy atom. The van der Waals surface area contributed by atoms with Crippen LogP contribution in [0.15, 0.2) is 29.3 Å². The van der Waals surface area contributed by atoms with Crippen LogP contribution in [0.25, 0.3) is 0 Å². The Bertz CT molecular complexity index is 470. The summed E-state index contributed by atoms with van der Waals surface area (Å²) in [5.41, 5.74) is 1.12. The molecular formula is C17H31IN4O2. The van der Waals surface area contributed by atoms with Crippen molar-refractivity contribution >= 4 is 29.9 Å². The molecule has 0 saturated carbocycles. The van der Waals surface area contributed by atoms with Gasteiger partial charge < -0.3 is 25.0 Å². The van der Waals surface area contributed by atoms with Gasteiger partial charge in [0.15, 0.2) is 5.96 Å². The Morgan fingerprint density at radius 2 is 2.00 bits per heavy atom. The number of ether oxygens (including phenoxy) is 2. The highest BCUT2D eigenvalue weighted by molar-refractivity contribution is 14.0. The Hall–Kier alpha value is -1.06. The van der Waals surface area contributed by atoms with Gasteiger partial charge in [-0.15, -0.1) is 24.0 Å². The van der Waals surface area contributed by atoms with Gasteiger partial charge in [-0.05, 0) is 38.7 Å². The second-order valence-corrected chi connectivity index (χ2v) is 5.41. The number of halogens is 1. The lowest BCUT2D eigenvalue weighted by atomic mass is 10.2. The normalized spacial score (nSPS) is 11.1. The first kappa shape index (κ1) is 22.9. The van der Waals surface area contributed by atoms with E-state index in [0.29, 0.717) is 19.8 Å². The van der Waals surface area contributed by atoms with Gasteiger partial charge in [-0.3, -0.25) is 0 Å². The van der Waals surface area contributed by atoms with E-state index in [1.54, 1.807) is 7.11 Å². The van der Waals surface area contributed by atoms with E-state index in [-0.39, 0.29) is 24.0 Å². The summed E-state index contributed by atoms with van der Waals surface area (Å²) in [6.07, 6.45) is 0. The summed E-state index contributed by atoms with van der Waals surface area (Å²) in [6.45, 7) is 6.44. The zero-order valence-electron chi connectivity index (χ0n) is 15.2. The third-order valence-electron chi connectivity index (χ3n) is 3.07. The van der Waals surface area contributed by atoms with Crippen LogP contribution in [0.1, 0.15) is 12.5 Å². The molecule has 0 saturated heterocycles. The number of guanidine groups is 1. The molecule has 24 heavy (non-hydrogen) atoms. The molecule has 0 spiro atoms. The van der Waals surface area contributed by atoms with Gasteiger partial charge in [0.1, 0.15) is 12.4 Å². The Morgan fingerprint density at radius 1 is 1.21 bits per heavy atom. The fourth-order valence-electron chi connectivity index (χ4n) is 1.86. The molecule has 2 N–H and O–H groups in total. The Labute approximate surface area is 163 Å². The molecule has 1 aromatic carbocycles. The summed E-state index contributed by atoms with van der Waals surface area (Å²) in [5, 5.41) is 6.45. The smallest absolute Gasteiger partial charge is 0.191 e. The predicted molar refractivity (Wildman–Crippen MR) is 111 cm³/mol. The summed E-state index contributed by atoms with van der Waals surface area (Å²) in [7, 11) is 5.76. The highest BCUT2D eigenvalue weighted by Gasteiger charge is 2.00. The molecule has 0 aliphatic carbocycles. The van der Waals surface area contributed by atoms with Crippen molar-refractivity contribution in [3.63, 3.8) is 0 Å². The van der Waals surface area contributed by atoms with E-state index >= 15 is 0 Å². The maximum atomic E-state index is 5.75. The van der Waals surface area contributed by atoms with E-state index < -0.39 is 0 Å². The van der Waals surface area contributed by atoms with Gasteiger partial charge >= 0.3 is 0 Å². The number of nitrogens with zero attached hydrogens (tertiary/aromatic N) is 2. The van der Waals surface area contributed by atoms with E-state index in [2.05, 4.69) is 26.6 Å². The molecule has 0 atom stereocenters. The van der Waals surface area contributed by atoms with Gasteiger partial charge in [-0.25, -0.2) is 4.99 Å². The highest BCUT2D eigenvalue weighted by Crippen LogP contribution is 2.14. The van der Waals surface area contributed by atoms with Crippen LogP contribution in [0.5, 0.6) is 5.75 Å². The van der Waals surface area contributed by atoms with Crippen LogP contribution >= 0.6 is 24.0 Å². The number of benzene rings is 1. The number of aliphatic imine (C=N–C) groups is 1. The number of hydrogen-bond donors (Lipinski definition) is 2. The van der Waals surface area contributed by atoms with Crippen molar-refractivity contribution in [1.82, 2.24) is 15.5 Å². The summed E-state index contributed by atoms with van der Waals surface area (Å²) < 4.78 is 10.8. The van der Waals surface area contributed by atoms with Gasteiger partial charge in [0, 0.05) is 26.7 Å². The molecule has 0 fully saturated rings. The van der Waals surface area contributed by atoms with Crippen LogP contribution in [-0.4, -0.2) is 64.9 Å². The topological polar surface area (TPSA) is 58.1 Å². The number of nitrogens with one attached hydrogen (secondary N) is 2. The van der Waals surface area contributed by atoms with Crippen molar-refractivity contribution in [2.24, 2.45) is 4.99 Å². The summed E-state index contributed by atoms with van der Waals surface area (Å²) in [4.78, 5) is 6.68. The molecule has 0 unspecified atom stereocenters. The van der Waals surface area contributed by atoms with Crippen LogP contribution in [-0.2, 0) is 11.3 Å². The fourth-order valence-corrected chi connectivity index (χ4v) is 1.86. The van der Waals surface area contributed by atoms with Gasteiger partial charge in [-0.2, -0.15) is 0 Å². The van der Waals surface area contributed by atoms with E-state index in [9.17, 15) is 0 Å². The lowest BCUT2D eigenvalue weighted by Crippen LogP contribution is -2.38. The summed E-state index contributed by atoms with van der Waals surface area (Å²) in [5.74, 6) is 1.68. The Kier molecular flexibility index (Phi) is 13.7. The predicted octanol–water partition coefficient (Wildman–Crippen LogP) is 1.95. The zero-order chi connectivity index (χ0) is 16.9. The van der Waals surface area contributed by atoms with Crippen molar-refractivity contribution < 1.29 is 9.47 Å².